The number of aromatic amines is 1. The zero-order valence-corrected chi connectivity index (χ0v) is 36.6. The lowest BCUT2D eigenvalue weighted by Crippen LogP contribution is -2.58. The van der Waals surface area contributed by atoms with Crippen LogP contribution in [0.4, 0.5) is 0 Å². The van der Waals surface area contributed by atoms with E-state index in [0.717, 1.165) is 98.5 Å². The van der Waals surface area contributed by atoms with Gasteiger partial charge in [-0.05, 0) is 113 Å². The van der Waals surface area contributed by atoms with Gasteiger partial charge in [-0.25, -0.2) is 0 Å². The van der Waals surface area contributed by atoms with Crippen molar-refractivity contribution in [2.24, 2.45) is 0 Å². The molecule has 330 valence electrons. The van der Waals surface area contributed by atoms with Crippen LogP contribution in [0.1, 0.15) is 104 Å². The molecule has 0 saturated carbocycles. The lowest BCUT2D eigenvalue weighted by atomic mass is 9.98. The van der Waals surface area contributed by atoms with E-state index in [1.807, 2.05) is 89.5 Å². The molecule has 14 nitrogen and oxygen atoms in total. The van der Waals surface area contributed by atoms with Gasteiger partial charge in [0, 0.05) is 42.4 Å². The highest BCUT2D eigenvalue weighted by Gasteiger charge is 2.44. The first-order chi connectivity index (χ1) is 30.8. The molecule has 6 aromatic rings. The Kier molecular flexibility index (Phi) is 14.4. The Morgan fingerprint density at radius 2 is 1.48 bits per heavy atom. The van der Waals surface area contributed by atoms with Crippen LogP contribution >= 0.6 is 0 Å². The van der Waals surface area contributed by atoms with E-state index in [9.17, 15) is 14.4 Å². The first-order valence-corrected chi connectivity index (χ1v) is 22.9. The summed E-state index contributed by atoms with van der Waals surface area (Å²) < 4.78 is 3.77. The van der Waals surface area contributed by atoms with Crippen LogP contribution in [0.5, 0.6) is 0 Å². The third-order valence-corrected chi connectivity index (χ3v) is 12.9. The van der Waals surface area contributed by atoms with Gasteiger partial charge in [0.15, 0.2) is 0 Å². The van der Waals surface area contributed by atoms with Gasteiger partial charge in [-0.2, -0.15) is 0 Å². The van der Waals surface area contributed by atoms with Gasteiger partial charge in [-0.1, -0.05) is 96.1 Å². The number of hydrogen-bond acceptors (Lipinski definition) is 8. The molecule has 0 aliphatic carbocycles. The second-order valence-corrected chi connectivity index (χ2v) is 17.4. The number of likely N-dealkylation sites (N-methyl/N-ethyl adjacent to an activating group) is 1. The Hall–Kier alpha value is -6.15. The van der Waals surface area contributed by atoms with E-state index in [1.165, 1.54) is 11.1 Å². The molecular weight excluding hydrogens is 791 g/mol. The molecule has 2 aliphatic heterocycles. The molecule has 5 heterocycles. The molecule has 5 atom stereocenters. The molecule has 4 N–H and O–H groups in total. The van der Waals surface area contributed by atoms with Gasteiger partial charge >= 0.3 is 0 Å². The highest BCUT2D eigenvalue weighted by atomic mass is 16.2. The van der Waals surface area contributed by atoms with Crippen molar-refractivity contribution in [3.8, 4) is 0 Å². The summed E-state index contributed by atoms with van der Waals surface area (Å²) in [5.74, 6) is -0.631. The first kappa shape index (κ1) is 43.5. The predicted octanol–water partition coefficient (Wildman–Crippen LogP) is 6.16. The van der Waals surface area contributed by atoms with Crippen molar-refractivity contribution in [2.45, 2.75) is 134 Å². The topological polar surface area (TPSA) is 168 Å². The average Bonchev–Trinajstić information content (AvgIpc) is 4.13. The van der Waals surface area contributed by atoms with Gasteiger partial charge < -0.3 is 25.8 Å². The molecule has 0 radical (unpaired) electrons. The monoisotopic (exact) mass is 851 g/mol. The van der Waals surface area contributed by atoms with E-state index in [0.29, 0.717) is 31.5 Å². The van der Waals surface area contributed by atoms with Crippen LogP contribution in [0.15, 0.2) is 97.5 Å². The lowest BCUT2D eigenvalue weighted by molar-refractivity contribution is -0.144. The Morgan fingerprint density at radius 3 is 2.19 bits per heavy atom. The highest BCUT2D eigenvalue weighted by molar-refractivity contribution is 5.94. The number of H-pyrrole nitrogens is 1. The van der Waals surface area contributed by atoms with Gasteiger partial charge in [0.25, 0.3) is 0 Å². The van der Waals surface area contributed by atoms with Crippen LogP contribution < -0.4 is 16.0 Å². The molecular formula is C49H61N11O3. The third-order valence-electron chi connectivity index (χ3n) is 12.9. The molecule has 14 heteroatoms. The van der Waals surface area contributed by atoms with Crippen molar-refractivity contribution < 1.29 is 14.4 Å². The Morgan fingerprint density at radius 1 is 0.794 bits per heavy atom. The molecule has 8 rings (SSSR count). The van der Waals surface area contributed by atoms with E-state index in [2.05, 4.69) is 65.8 Å². The molecule has 2 saturated heterocycles. The standard InChI is InChI=1S/C49H61N11O3/c1-34-32-58(56-54-34)28-12-10-14-35-22-24-36(25-23-35)15-11-13-29-59-33-44(55-57-59)46(37-16-4-3-5-17-37)53-48(62)45-27-26-39-18-6-8-21-42(49(63)60(39)45)52-47(61)43(50-2)30-38-31-51-41-20-9-7-19-40(38)41/h3-5,7,9,16-17,19-20,22-25,31-33,39,42-43,45-46,50-51H,6,8,10-15,18,21,26-30H2,1-2H3,(H,52,61)(H,53,62)/t39-,42-,43-,45-,46+/m0/s1. The Balaban J connectivity index is 0.859. The van der Waals surface area contributed by atoms with Crippen LogP contribution in [0, 0.1) is 6.92 Å². The number of amides is 3. The van der Waals surface area contributed by atoms with Gasteiger partial charge in [-0.3, -0.25) is 23.7 Å². The molecule has 2 aliphatic rings. The molecule has 2 fully saturated rings. The number of para-hydroxylation sites is 1. The molecule has 0 unspecified atom stereocenters. The van der Waals surface area contributed by atoms with Crippen molar-refractivity contribution in [2.75, 3.05) is 7.05 Å². The lowest BCUT2D eigenvalue weighted by Gasteiger charge is -2.36. The van der Waals surface area contributed by atoms with Crippen LogP contribution in [0.3, 0.4) is 0 Å². The van der Waals surface area contributed by atoms with Crippen molar-refractivity contribution >= 4 is 28.6 Å². The van der Waals surface area contributed by atoms with E-state index >= 15 is 0 Å². The summed E-state index contributed by atoms with van der Waals surface area (Å²) in [5, 5.41) is 27.8. The van der Waals surface area contributed by atoms with Crippen LogP contribution in [-0.2, 0) is 46.7 Å². The molecule has 63 heavy (non-hydrogen) atoms. The number of benzene rings is 3. The fourth-order valence-corrected chi connectivity index (χ4v) is 9.39. The van der Waals surface area contributed by atoms with Crippen LogP contribution in [0.25, 0.3) is 10.9 Å². The molecule has 0 bridgehead atoms. The summed E-state index contributed by atoms with van der Waals surface area (Å²) in [6, 6.07) is 24.3. The predicted molar refractivity (Wildman–Crippen MR) is 242 cm³/mol. The number of nitrogens with zero attached hydrogens (tertiary/aromatic N) is 7. The van der Waals surface area contributed by atoms with E-state index < -0.39 is 24.2 Å². The maximum absolute atomic E-state index is 14.5. The van der Waals surface area contributed by atoms with Crippen molar-refractivity contribution in [3.05, 3.63) is 131 Å². The minimum Gasteiger partial charge on any atom is -0.361 e. The molecule has 3 aromatic heterocycles. The number of rotatable bonds is 19. The number of hydrogen-bond donors (Lipinski definition) is 4. The number of carbonyl (C=O) groups is 3. The summed E-state index contributed by atoms with van der Waals surface area (Å²) in [7, 11) is 1.77. The van der Waals surface area contributed by atoms with E-state index in [4.69, 9.17) is 0 Å². The third kappa shape index (κ3) is 10.9. The Bertz CT molecular complexity index is 2420. The minimum absolute atomic E-state index is 0.0561. The van der Waals surface area contributed by atoms with Gasteiger partial charge in [0.05, 0.1) is 24.0 Å². The van der Waals surface area contributed by atoms with Crippen LogP contribution in [0.2, 0.25) is 0 Å². The number of aryl methyl sites for hydroxylation is 5. The molecule has 0 spiro atoms. The maximum Gasteiger partial charge on any atom is 0.246 e. The number of carbonyl (C=O) groups excluding carboxylic acids is 3. The van der Waals surface area contributed by atoms with Crippen LogP contribution in [-0.4, -0.2) is 88.8 Å². The summed E-state index contributed by atoms with van der Waals surface area (Å²) >= 11 is 0. The molecule has 3 aromatic carbocycles. The minimum atomic E-state index is -0.714. The van der Waals surface area contributed by atoms with Crippen molar-refractivity contribution in [1.82, 2.24) is 55.8 Å². The smallest absolute Gasteiger partial charge is 0.246 e. The summed E-state index contributed by atoms with van der Waals surface area (Å²) in [6.07, 6.45) is 16.9. The zero-order chi connectivity index (χ0) is 43.5. The normalized spacial score (nSPS) is 18.7. The SMILES string of the molecule is CN[C@@H](Cc1c[nH]c2ccccc12)C(=O)N[C@H]1CCCC[C@H]2CC[C@@H](C(=O)N[C@H](c3ccccc3)c3cn(CCCCc4ccc(CCCCn5cc(C)nn5)cc4)nn3)N2C1=O. The molecule has 3 amide bonds. The van der Waals surface area contributed by atoms with Crippen molar-refractivity contribution in [1.29, 1.82) is 0 Å². The number of aromatic nitrogens is 7. The zero-order valence-electron chi connectivity index (χ0n) is 36.6. The quantitative estimate of drug-likeness (QED) is 0.0704. The van der Waals surface area contributed by atoms with E-state index in [-0.39, 0.29) is 23.8 Å². The highest BCUT2D eigenvalue weighted by Crippen LogP contribution is 2.33. The van der Waals surface area contributed by atoms with Gasteiger partial charge in [0.2, 0.25) is 17.7 Å². The van der Waals surface area contributed by atoms with Gasteiger partial charge in [0.1, 0.15) is 17.8 Å². The van der Waals surface area contributed by atoms with Gasteiger partial charge in [-0.15, -0.1) is 10.2 Å². The summed E-state index contributed by atoms with van der Waals surface area (Å²) in [5.41, 5.74) is 7.22. The van der Waals surface area contributed by atoms with E-state index in [1.54, 1.807) is 11.9 Å². The number of nitrogens with one attached hydrogen (secondary N) is 4. The fraction of sp³-hybridized carbons (Fsp3) is 0.449. The first-order valence-electron chi connectivity index (χ1n) is 22.9. The Labute approximate surface area is 369 Å². The number of fused-ring (bicyclic) bond motifs is 2. The average molecular weight is 852 g/mol. The summed E-state index contributed by atoms with van der Waals surface area (Å²) in [4.78, 5) is 47.7. The summed E-state index contributed by atoms with van der Waals surface area (Å²) in [6.45, 7) is 3.57. The fourth-order valence-electron chi connectivity index (χ4n) is 9.39. The van der Waals surface area contributed by atoms with Crippen molar-refractivity contribution in [3.63, 3.8) is 0 Å². The largest absolute Gasteiger partial charge is 0.361 e. The maximum atomic E-state index is 14.5. The second kappa shape index (κ2) is 20.8. The second-order valence-electron chi connectivity index (χ2n) is 17.4. The number of unbranched alkanes of at least 4 members (excludes halogenated alkanes) is 2.